The predicted molar refractivity (Wildman–Crippen MR) is 91.8 cm³/mol. The molecule has 132 valence electrons. The van der Waals surface area contributed by atoms with Gasteiger partial charge in [-0.1, -0.05) is 6.07 Å². The van der Waals surface area contributed by atoms with Crippen LogP contribution in [0.15, 0.2) is 30.5 Å². The standard InChI is InChI=1S/C18H23N5O2/c24-18(20-10-15-3-1-2-5-19-15)17-9-16-12-22(6-7-23(16)21-17)11-14-4-8-25-13-14/h1-3,5,9,14H,4,6-8,10-13H2,(H,20,24)/t14-/m1/s1. The molecule has 0 saturated carbocycles. The molecule has 2 aromatic rings. The van der Waals surface area contributed by atoms with Crippen molar-refractivity contribution in [3.8, 4) is 0 Å². The molecule has 0 spiro atoms. The average molecular weight is 341 g/mol. The molecule has 0 aromatic carbocycles. The lowest BCUT2D eigenvalue weighted by Gasteiger charge is -2.29. The normalized spacial score (nSPS) is 20.4. The molecule has 0 radical (unpaired) electrons. The Morgan fingerprint density at radius 2 is 2.32 bits per heavy atom. The largest absolute Gasteiger partial charge is 0.381 e. The van der Waals surface area contributed by atoms with Crippen LogP contribution in [0.2, 0.25) is 0 Å². The number of hydrogen-bond acceptors (Lipinski definition) is 5. The molecule has 0 bridgehead atoms. The summed E-state index contributed by atoms with van der Waals surface area (Å²) in [5.41, 5.74) is 2.43. The first-order valence-corrected chi connectivity index (χ1v) is 8.83. The van der Waals surface area contributed by atoms with Crippen molar-refractivity contribution in [1.29, 1.82) is 0 Å². The summed E-state index contributed by atoms with van der Waals surface area (Å²) in [5.74, 6) is 0.485. The Bertz CT molecular complexity index is 724. The number of fused-ring (bicyclic) bond motifs is 1. The van der Waals surface area contributed by atoms with Crippen LogP contribution in [-0.4, -0.2) is 51.9 Å². The van der Waals surface area contributed by atoms with Crippen LogP contribution >= 0.6 is 0 Å². The Morgan fingerprint density at radius 1 is 1.36 bits per heavy atom. The lowest BCUT2D eigenvalue weighted by molar-refractivity contribution is 0.0944. The third-order valence-electron chi connectivity index (χ3n) is 4.81. The number of pyridine rings is 1. The number of rotatable bonds is 5. The summed E-state index contributed by atoms with van der Waals surface area (Å²) in [6, 6.07) is 7.57. The lowest BCUT2D eigenvalue weighted by atomic mass is 10.1. The SMILES string of the molecule is O=C(NCc1ccccn1)c1cc2n(n1)CCN(C[C@H]1CCOC1)C2. The van der Waals surface area contributed by atoms with Crippen molar-refractivity contribution in [2.45, 2.75) is 26.1 Å². The molecule has 4 rings (SSSR count). The summed E-state index contributed by atoms with van der Waals surface area (Å²) in [6.07, 6.45) is 2.87. The van der Waals surface area contributed by atoms with Gasteiger partial charge in [-0.15, -0.1) is 0 Å². The highest BCUT2D eigenvalue weighted by molar-refractivity contribution is 5.92. The molecule has 4 heterocycles. The fourth-order valence-electron chi connectivity index (χ4n) is 3.44. The second-order valence-corrected chi connectivity index (χ2v) is 6.71. The van der Waals surface area contributed by atoms with E-state index in [9.17, 15) is 4.79 Å². The Balaban J connectivity index is 1.35. The Kier molecular flexibility index (Phi) is 4.76. The zero-order chi connectivity index (χ0) is 17.1. The third kappa shape index (κ3) is 3.88. The van der Waals surface area contributed by atoms with Crippen LogP contribution in [-0.2, 0) is 24.4 Å². The first-order chi connectivity index (χ1) is 12.3. The van der Waals surface area contributed by atoms with Crippen molar-refractivity contribution >= 4 is 5.91 Å². The van der Waals surface area contributed by atoms with Gasteiger partial charge in [0.15, 0.2) is 5.69 Å². The zero-order valence-corrected chi connectivity index (χ0v) is 14.2. The lowest BCUT2D eigenvalue weighted by Crippen LogP contribution is -2.37. The van der Waals surface area contributed by atoms with Crippen molar-refractivity contribution in [3.05, 3.63) is 47.5 Å². The van der Waals surface area contributed by atoms with Crippen molar-refractivity contribution in [2.75, 3.05) is 26.3 Å². The van der Waals surface area contributed by atoms with Gasteiger partial charge in [0.1, 0.15) is 0 Å². The number of carbonyl (C=O) groups is 1. The van der Waals surface area contributed by atoms with Crippen molar-refractivity contribution < 1.29 is 9.53 Å². The van der Waals surface area contributed by atoms with Gasteiger partial charge in [0.05, 0.1) is 31.1 Å². The van der Waals surface area contributed by atoms with Gasteiger partial charge in [-0.05, 0) is 30.5 Å². The number of aromatic nitrogens is 3. The van der Waals surface area contributed by atoms with E-state index in [0.29, 0.717) is 18.2 Å². The third-order valence-corrected chi connectivity index (χ3v) is 4.81. The summed E-state index contributed by atoms with van der Waals surface area (Å²) in [5, 5.41) is 7.35. The van der Waals surface area contributed by atoms with E-state index in [0.717, 1.165) is 57.2 Å². The number of amides is 1. The number of hydrogen-bond donors (Lipinski definition) is 1. The van der Waals surface area contributed by atoms with E-state index in [2.05, 4.69) is 20.3 Å². The molecular weight excluding hydrogens is 318 g/mol. The summed E-state index contributed by atoms with van der Waals surface area (Å²) in [4.78, 5) is 19.0. The predicted octanol–water partition coefficient (Wildman–Crippen LogP) is 1.06. The molecule has 1 atom stereocenters. The summed E-state index contributed by atoms with van der Waals surface area (Å²) < 4.78 is 7.42. The van der Waals surface area contributed by atoms with Gasteiger partial charge in [0.2, 0.25) is 0 Å². The van der Waals surface area contributed by atoms with Gasteiger partial charge in [0.25, 0.3) is 5.91 Å². The average Bonchev–Trinajstić information content (AvgIpc) is 3.30. The van der Waals surface area contributed by atoms with Crippen LogP contribution in [0.4, 0.5) is 0 Å². The maximum Gasteiger partial charge on any atom is 0.272 e. The van der Waals surface area contributed by atoms with Crippen LogP contribution in [0.25, 0.3) is 0 Å². The van der Waals surface area contributed by atoms with Crippen molar-refractivity contribution in [2.24, 2.45) is 5.92 Å². The molecule has 2 aliphatic heterocycles. The number of nitrogens with one attached hydrogen (secondary N) is 1. The van der Waals surface area contributed by atoms with Gasteiger partial charge in [0, 0.05) is 32.4 Å². The number of nitrogens with zero attached hydrogens (tertiary/aromatic N) is 4. The van der Waals surface area contributed by atoms with Gasteiger partial charge in [-0.2, -0.15) is 5.10 Å². The van der Waals surface area contributed by atoms with Crippen LogP contribution in [0.5, 0.6) is 0 Å². The molecule has 0 aliphatic carbocycles. The van der Waals surface area contributed by atoms with E-state index in [-0.39, 0.29) is 5.91 Å². The molecule has 1 amide bonds. The molecule has 0 unspecified atom stereocenters. The van der Waals surface area contributed by atoms with Gasteiger partial charge in [-0.25, -0.2) is 0 Å². The fraction of sp³-hybridized carbons (Fsp3) is 0.500. The van der Waals surface area contributed by atoms with E-state index in [1.54, 1.807) is 6.20 Å². The first kappa shape index (κ1) is 16.2. The molecule has 25 heavy (non-hydrogen) atoms. The van der Waals surface area contributed by atoms with Gasteiger partial charge < -0.3 is 10.1 Å². The zero-order valence-electron chi connectivity index (χ0n) is 14.2. The molecule has 7 nitrogen and oxygen atoms in total. The van der Waals surface area contributed by atoms with E-state index in [1.807, 2.05) is 28.9 Å². The minimum Gasteiger partial charge on any atom is -0.381 e. The maximum absolute atomic E-state index is 12.4. The maximum atomic E-state index is 12.4. The fourth-order valence-corrected chi connectivity index (χ4v) is 3.44. The Hall–Kier alpha value is -2.25. The summed E-state index contributed by atoms with van der Waals surface area (Å²) >= 11 is 0. The minimum atomic E-state index is -0.150. The number of ether oxygens (including phenoxy) is 1. The topological polar surface area (TPSA) is 72.3 Å². The molecular formula is C18H23N5O2. The van der Waals surface area contributed by atoms with E-state index in [1.165, 1.54) is 0 Å². The number of carbonyl (C=O) groups excluding carboxylic acids is 1. The summed E-state index contributed by atoms with van der Waals surface area (Å²) in [7, 11) is 0. The highest BCUT2D eigenvalue weighted by Crippen LogP contribution is 2.19. The van der Waals surface area contributed by atoms with E-state index >= 15 is 0 Å². The van der Waals surface area contributed by atoms with E-state index < -0.39 is 0 Å². The highest BCUT2D eigenvalue weighted by Gasteiger charge is 2.24. The van der Waals surface area contributed by atoms with Crippen molar-refractivity contribution in [3.63, 3.8) is 0 Å². The molecule has 2 aliphatic rings. The smallest absolute Gasteiger partial charge is 0.272 e. The first-order valence-electron chi connectivity index (χ1n) is 8.83. The van der Waals surface area contributed by atoms with Crippen molar-refractivity contribution in [1.82, 2.24) is 25.0 Å². The minimum absolute atomic E-state index is 0.150. The molecule has 7 heteroatoms. The van der Waals surface area contributed by atoms with Gasteiger partial charge in [-0.3, -0.25) is 19.4 Å². The molecule has 1 fully saturated rings. The quantitative estimate of drug-likeness (QED) is 0.880. The monoisotopic (exact) mass is 341 g/mol. The second kappa shape index (κ2) is 7.33. The highest BCUT2D eigenvalue weighted by atomic mass is 16.5. The molecule has 2 aromatic heterocycles. The summed E-state index contributed by atoms with van der Waals surface area (Å²) in [6.45, 7) is 5.88. The van der Waals surface area contributed by atoms with Gasteiger partial charge >= 0.3 is 0 Å². The van der Waals surface area contributed by atoms with Crippen LogP contribution in [0.3, 0.4) is 0 Å². The van der Waals surface area contributed by atoms with Crippen LogP contribution < -0.4 is 5.32 Å². The Labute approximate surface area is 147 Å². The molecule has 1 saturated heterocycles. The molecule has 1 N–H and O–H groups in total. The Morgan fingerprint density at radius 3 is 3.12 bits per heavy atom. The van der Waals surface area contributed by atoms with E-state index in [4.69, 9.17) is 4.74 Å². The second-order valence-electron chi connectivity index (χ2n) is 6.71. The van der Waals surface area contributed by atoms with Crippen LogP contribution in [0, 0.1) is 5.92 Å². The van der Waals surface area contributed by atoms with Crippen LogP contribution in [0.1, 0.15) is 28.3 Å².